The Hall–Kier alpha value is -1.71. The summed E-state index contributed by atoms with van der Waals surface area (Å²) >= 11 is 0. The van der Waals surface area contributed by atoms with E-state index in [-0.39, 0.29) is 6.04 Å². The van der Waals surface area contributed by atoms with Crippen molar-refractivity contribution in [2.75, 3.05) is 13.2 Å². The summed E-state index contributed by atoms with van der Waals surface area (Å²) in [5, 5.41) is 3.66. The number of rotatable bonds is 4. The van der Waals surface area contributed by atoms with Crippen LogP contribution in [-0.2, 0) is 4.74 Å². The molecule has 2 atom stereocenters. The molecule has 2 aromatic rings. The first-order valence-electron chi connectivity index (χ1n) is 6.73. The van der Waals surface area contributed by atoms with Gasteiger partial charge in [0.1, 0.15) is 0 Å². The largest absolute Gasteiger partial charge is 0.380 e. The van der Waals surface area contributed by atoms with E-state index >= 15 is 0 Å². The van der Waals surface area contributed by atoms with Gasteiger partial charge >= 0.3 is 0 Å². The lowest BCUT2D eigenvalue weighted by Crippen LogP contribution is -2.34. The molecule has 1 aromatic carbocycles. The van der Waals surface area contributed by atoms with E-state index in [1.54, 1.807) is 0 Å². The lowest BCUT2D eigenvalue weighted by molar-refractivity contribution is 0.188. The summed E-state index contributed by atoms with van der Waals surface area (Å²) in [7, 11) is 0. The van der Waals surface area contributed by atoms with Gasteiger partial charge in [-0.3, -0.25) is 10.3 Å². The Morgan fingerprint density at radius 2 is 1.95 bits per heavy atom. The van der Waals surface area contributed by atoms with Gasteiger partial charge in [0.25, 0.3) is 0 Å². The van der Waals surface area contributed by atoms with Crippen LogP contribution in [0.3, 0.4) is 0 Å². The standard InChI is InChI=1S/C16H18N2O/c1-2-6-13(7-3-1)16(15-8-4-5-10-17-15)18-14-9-11-19-12-14/h1-8,10,14,16,18H,9,11-12H2. The molecule has 3 rings (SSSR count). The number of ether oxygens (including phenoxy) is 1. The number of hydrogen-bond donors (Lipinski definition) is 1. The molecule has 0 aliphatic carbocycles. The van der Waals surface area contributed by atoms with E-state index < -0.39 is 0 Å². The second-order valence-corrected chi connectivity index (χ2v) is 4.83. The van der Waals surface area contributed by atoms with Crippen molar-refractivity contribution in [3.05, 3.63) is 66.0 Å². The summed E-state index contributed by atoms with van der Waals surface area (Å²) in [6, 6.07) is 17.1. The third-order valence-corrected chi connectivity index (χ3v) is 3.45. The summed E-state index contributed by atoms with van der Waals surface area (Å²) in [4.78, 5) is 4.49. The lowest BCUT2D eigenvalue weighted by atomic mass is 10.0. The first kappa shape index (κ1) is 12.3. The summed E-state index contributed by atoms with van der Waals surface area (Å²) < 4.78 is 5.45. The molecule has 1 N–H and O–H groups in total. The van der Waals surface area contributed by atoms with Crippen molar-refractivity contribution < 1.29 is 4.74 Å². The third kappa shape index (κ3) is 3.00. The van der Waals surface area contributed by atoms with E-state index in [2.05, 4.69) is 40.6 Å². The highest BCUT2D eigenvalue weighted by Gasteiger charge is 2.22. The molecular formula is C16H18N2O. The molecule has 3 nitrogen and oxygen atoms in total. The van der Waals surface area contributed by atoms with Crippen molar-refractivity contribution in [3.63, 3.8) is 0 Å². The van der Waals surface area contributed by atoms with Crippen molar-refractivity contribution in [1.82, 2.24) is 10.3 Å². The Morgan fingerprint density at radius 3 is 2.63 bits per heavy atom. The molecule has 0 bridgehead atoms. The lowest BCUT2D eigenvalue weighted by Gasteiger charge is -2.22. The first-order chi connectivity index (χ1) is 9.43. The van der Waals surface area contributed by atoms with E-state index in [4.69, 9.17) is 4.74 Å². The van der Waals surface area contributed by atoms with Crippen molar-refractivity contribution in [2.24, 2.45) is 0 Å². The monoisotopic (exact) mass is 254 g/mol. The van der Waals surface area contributed by atoms with Gasteiger partial charge in [-0.25, -0.2) is 0 Å². The number of pyridine rings is 1. The van der Waals surface area contributed by atoms with Gasteiger partial charge in [0, 0.05) is 18.8 Å². The van der Waals surface area contributed by atoms with Crippen molar-refractivity contribution >= 4 is 0 Å². The van der Waals surface area contributed by atoms with Crippen LogP contribution in [0.4, 0.5) is 0 Å². The molecule has 3 heteroatoms. The Labute approximate surface area is 113 Å². The molecule has 19 heavy (non-hydrogen) atoms. The zero-order chi connectivity index (χ0) is 12.9. The minimum absolute atomic E-state index is 0.133. The van der Waals surface area contributed by atoms with Crippen molar-refractivity contribution in [1.29, 1.82) is 0 Å². The maximum atomic E-state index is 5.45. The van der Waals surface area contributed by atoms with Gasteiger partial charge in [-0.1, -0.05) is 36.4 Å². The van der Waals surface area contributed by atoms with E-state index in [9.17, 15) is 0 Å². The third-order valence-electron chi connectivity index (χ3n) is 3.45. The van der Waals surface area contributed by atoms with Crippen LogP contribution in [-0.4, -0.2) is 24.2 Å². The molecule has 0 radical (unpaired) electrons. The number of nitrogens with one attached hydrogen (secondary N) is 1. The van der Waals surface area contributed by atoms with Gasteiger partial charge in [-0.05, 0) is 24.1 Å². The van der Waals surface area contributed by atoms with Crippen LogP contribution in [0.5, 0.6) is 0 Å². The number of benzene rings is 1. The molecule has 2 heterocycles. The van der Waals surface area contributed by atoms with Gasteiger partial charge in [-0.15, -0.1) is 0 Å². The van der Waals surface area contributed by atoms with Crippen LogP contribution in [0, 0.1) is 0 Å². The maximum absolute atomic E-state index is 5.45. The Morgan fingerprint density at radius 1 is 1.11 bits per heavy atom. The SMILES string of the molecule is c1ccc(C(NC2CCOC2)c2ccccn2)cc1. The fourth-order valence-corrected chi connectivity index (χ4v) is 2.45. The average molecular weight is 254 g/mol. The van der Waals surface area contributed by atoms with Crippen LogP contribution in [0.1, 0.15) is 23.7 Å². The first-order valence-corrected chi connectivity index (χ1v) is 6.73. The minimum Gasteiger partial charge on any atom is -0.380 e. The zero-order valence-corrected chi connectivity index (χ0v) is 10.8. The van der Waals surface area contributed by atoms with Gasteiger partial charge in [0.05, 0.1) is 18.3 Å². The molecule has 0 saturated carbocycles. The predicted molar refractivity (Wildman–Crippen MR) is 74.9 cm³/mol. The molecule has 1 saturated heterocycles. The molecule has 2 unspecified atom stereocenters. The predicted octanol–water partition coefficient (Wildman–Crippen LogP) is 2.55. The van der Waals surface area contributed by atoms with Gasteiger partial charge in [-0.2, -0.15) is 0 Å². The highest BCUT2D eigenvalue weighted by Crippen LogP contribution is 2.22. The second kappa shape index (κ2) is 5.95. The molecule has 1 fully saturated rings. The molecule has 1 aromatic heterocycles. The van der Waals surface area contributed by atoms with E-state index in [0.717, 1.165) is 25.3 Å². The van der Waals surface area contributed by atoms with Gasteiger partial charge < -0.3 is 4.74 Å². The summed E-state index contributed by atoms with van der Waals surface area (Å²) in [5.41, 5.74) is 2.30. The van der Waals surface area contributed by atoms with E-state index in [0.29, 0.717) is 6.04 Å². The van der Waals surface area contributed by atoms with Crippen LogP contribution in [0.2, 0.25) is 0 Å². The van der Waals surface area contributed by atoms with Crippen molar-refractivity contribution in [3.8, 4) is 0 Å². The van der Waals surface area contributed by atoms with Crippen LogP contribution < -0.4 is 5.32 Å². The van der Waals surface area contributed by atoms with E-state index in [1.807, 2.05) is 24.4 Å². The van der Waals surface area contributed by atoms with E-state index in [1.165, 1.54) is 5.56 Å². The second-order valence-electron chi connectivity index (χ2n) is 4.83. The van der Waals surface area contributed by atoms with Crippen LogP contribution in [0.25, 0.3) is 0 Å². The average Bonchev–Trinajstić information content (AvgIpc) is 3.00. The normalized spacial score (nSPS) is 20.3. The summed E-state index contributed by atoms with van der Waals surface area (Å²) in [6.45, 7) is 1.64. The van der Waals surface area contributed by atoms with Crippen molar-refractivity contribution in [2.45, 2.75) is 18.5 Å². The fraction of sp³-hybridized carbons (Fsp3) is 0.312. The Bertz CT molecular complexity index is 455. The topological polar surface area (TPSA) is 34.1 Å². The van der Waals surface area contributed by atoms with Crippen LogP contribution >= 0.6 is 0 Å². The van der Waals surface area contributed by atoms with Crippen LogP contribution in [0.15, 0.2) is 54.7 Å². The molecule has 0 amide bonds. The maximum Gasteiger partial charge on any atom is 0.0754 e. The van der Waals surface area contributed by atoms with Gasteiger partial charge in [0.15, 0.2) is 0 Å². The Balaban J connectivity index is 1.87. The molecule has 98 valence electrons. The summed E-state index contributed by atoms with van der Waals surface area (Å²) in [6.07, 6.45) is 2.91. The summed E-state index contributed by atoms with van der Waals surface area (Å²) in [5.74, 6) is 0. The highest BCUT2D eigenvalue weighted by atomic mass is 16.5. The number of aromatic nitrogens is 1. The Kier molecular flexibility index (Phi) is 3.86. The molecule has 1 aliphatic rings. The molecule has 0 spiro atoms. The molecule has 1 aliphatic heterocycles. The molecular weight excluding hydrogens is 236 g/mol. The number of nitrogens with zero attached hydrogens (tertiary/aromatic N) is 1. The van der Waals surface area contributed by atoms with Gasteiger partial charge in [0.2, 0.25) is 0 Å². The zero-order valence-electron chi connectivity index (χ0n) is 10.8. The highest BCUT2D eigenvalue weighted by molar-refractivity contribution is 5.27. The number of hydrogen-bond acceptors (Lipinski definition) is 3. The quantitative estimate of drug-likeness (QED) is 0.910. The smallest absolute Gasteiger partial charge is 0.0754 e. The minimum atomic E-state index is 0.133. The fourth-order valence-electron chi connectivity index (χ4n) is 2.45.